The van der Waals surface area contributed by atoms with E-state index in [0.29, 0.717) is 0 Å². The molecule has 0 amide bonds. The zero-order valence-electron chi connectivity index (χ0n) is 10.4. The van der Waals surface area contributed by atoms with Crippen LogP contribution in [0.1, 0.15) is 34.1 Å². The van der Waals surface area contributed by atoms with Crippen molar-refractivity contribution in [3.05, 3.63) is 0 Å². The van der Waals surface area contributed by atoms with Crippen LogP contribution in [0.25, 0.3) is 0 Å². The summed E-state index contributed by atoms with van der Waals surface area (Å²) in [5.74, 6) is 0.0227. The fraction of sp³-hybridized carbons (Fsp3) is 1.00. The lowest BCUT2D eigenvalue weighted by molar-refractivity contribution is -0.153. The van der Waals surface area contributed by atoms with Crippen molar-refractivity contribution in [2.75, 3.05) is 13.1 Å². The van der Waals surface area contributed by atoms with Crippen molar-refractivity contribution in [1.29, 1.82) is 0 Å². The molecule has 0 aromatic heterocycles. The van der Waals surface area contributed by atoms with E-state index in [1.54, 1.807) is 13.8 Å². The molecule has 2 nitrogen and oxygen atoms in total. The van der Waals surface area contributed by atoms with E-state index in [1.165, 1.54) is 4.90 Å². The third-order valence-electron chi connectivity index (χ3n) is 2.84. The molecule has 0 radical (unpaired) electrons. The van der Waals surface area contributed by atoms with E-state index in [-0.39, 0.29) is 18.5 Å². The summed E-state index contributed by atoms with van der Waals surface area (Å²) >= 11 is 0. The van der Waals surface area contributed by atoms with Gasteiger partial charge in [-0.3, -0.25) is 4.90 Å². The number of aliphatic hydroxyl groups is 1. The number of alkyl halides is 3. The molecule has 0 saturated heterocycles. The van der Waals surface area contributed by atoms with Crippen molar-refractivity contribution in [1.82, 2.24) is 4.90 Å². The van der Waals surface area contributed by atoms with Crippen molar-refractivity contribution < 1.29 is 18.3 Å². The molecular weight excluding hydrogens is 219 g/mol. The number of nitrogens with zero attached hydrogens (tertiary/aromatic N) is 1. The molecule has 2 unspecified atom stereocenters. The second-order valence-electron chi connectivity index (χ2n) is 4.59. The van der Waals surface area contributed by atoms with Crippen molar-refractivity contribution in [2.24, 2.45) is 5.92 Å². The minimum absolute atomic E-state index is 0.0227. The molecule has 16 heavy (non-hydrogen) atoms. The molecule has 0 spiro atoms. The van der Waals surface area contributed by atoms with E-state index in [1.807, 2.05) is 13.8 Å². The molecule has 0 rings (SSSR count). The molecule has 0 aromatic carbocycles. The van der Waals surface area contributed by atoms with Crippen molar-refractivity contribution >= 4 is 0 Å². The maximum absolute atomic E-state index is 12.3. The lowest BCUT2D eigenvalue weighted by Crippen LogP contribution is -2.44. The standard InChI is InChI=1S/C11H22F3NO/c1-5-9(4)10(16)6-15(8(2)3)7-11(12,13)14/h8-10,16H,5-7H2,1-4H3. The molecule has 5 heteroatoms. The number of aliphatic hydroxyl groups excluding tert-OH is 1. The minimum Gasteiger partial charge on any atom is -0.392 e. The van der Waals surface area contributed by atoms with Gasteiger partial charge in [-0.1, -0.05) is 20.3 Å². The Morgan fingerprint density at radius 3 is 2.00 bits per heavy atom. The highest BCUT2D eigenvalue weighted by Crippen LogP contribution is 2.19. The van der Waals surface area contributed by atoms with Gasteiger partial charge in [0.15, 0.2) is 0 Å². The van der Waals surface area contributed by atoms with Gasteiger partial charge in [-0.15, -0.1) is 0 Å². The maximum Gasteiger partial charge on any atom is 0.401 e. The van der Waals surface area contributed by atoms with Gasteiger partial charge in [0.2, 0.25) is 0 Å². The van der Waals surface area contributed by atoms with E-state index < -0.39 is 18.8 Å². The van der Waals surface area contributed by atoms with Crippen LogP contribution in [0.15, 0.2) is 0 Å². The third kappa shape index (κ3) is 6.33. The van der Waals surface area contributed by atoms with Gasteiger partial charge in [0.1, 0.15) is 0 Å². The Morgan fingerprint density at radius 2 is 1.69 bits per heavy atom. The van der Waals surface area contributed by atoms with Crippen LogP contribution in [0, 0.1) is 5.92 Å². The molecule has 0 saturated carbocycles. The van der Waals surface area contributed by atoms with Gasteiger partial charge in [-0.25, -0.2) is 0 Å². The highest BCUT2D eigenvalue weighted by Gasteiger charge is 2.33. The first-order valence-corrected chi connectivity index (χ1v) is 5.66. The van der Waals surface area contributed by atoms with Crippen LogP contribution in [0.2, 0.25) is 0 Å². The monoisotopic (exact) mass is 241 g/mol. The topological polar surface area (TPSA) is 23.5 Å². The molecule has 0 aliphatic rings. The minimum atomic E-state index is -4.21. The summed E-state index contributed by atoms with van der Waals surface area (Å²) in [7, 11) is 0. The second-order valence-corrected chi connectivity index (χ2v) is 4.59. The largest absolute Gasteiger partial charge is 0.401 e. The number of halogens is 3. The molecule has 0 bridgehead atoms. The van der Waals surface area contributed by atoms with Crippen LogP contribution in [0.5, 0.6) is 0 Å². The van der Waals surface area contributed by atoms with Crippen molar-refractivity contribution in [3.63, 3.8) is 0 Å². The highest BCUT2D eigenvalue weighted by molar-refractivity contribution is 4.74. The summed E-state index contributed by atoms with van der Waals surface area (Å²) in [5, 5.41) is 9.72. The SMILES string of the molecule is CCC(C)C(O)CN(CC(F)(F)F)C(C)C. The fourth-order valence-electron chi connectivity index (χ4n) is 1.38. The van der Waals surface area contributed by atoms with Crippen LogP contribution in [0.4, 0.5) is 13.2 Å². The molecule has 0 fully saturated rings. The number of rotatable bonds is 6. The number of hydrogen-bond acceptors (Lipinski definition) is 2. The highest BCUT2D eigenvalue weighted by atomic mass is 19.4. The van der Waals surface area contributed by atoms with Gasteiger partial charge in [-0.2, -0.15) is 13.2 Å². The molecule has 0 aliphatic heterocycles. The van der Waals surface area contributed by atoms with Gasteiger partial charge >= 0.3 is 6.18 Å². The van der Waals surface area contributed by atoms with E-state index in [9.17, 15) is 18.3 Å². The van der Waals surface area contributed by atoms with Crippen LogP contribution >= 0.6 is 0 Å². The quantitative estimate of drug-likeness (QED) is 0.772. The Labute approximate surface area is 95.4 Å². The summed E-state index contributed by atoms with van der Waals surface area (Å²) in [6.45, 7) is 6.28. The Bertz CT molecular complexity index is 194. The average molecular weight is 241 g/mol. The molecule has 0 aliphatic carbocycles. The summed E-state index contributed by atoms with van der Waals surface area (Å²) in [5.41, 5.74) is 0. The second kappa shape index (κ2) is 6.45. The fourth-order valence-corrected chi connectivity index (χ4v) is 1.38. The Kier molecular flexibility index (Phi) is 6.33. The number of hydrogen-bond donors (Lipinski definition) is 1. The Balaban J connectivity index is 4.34. The maximum atomic E-state index is 12.3. The van der Waals surface area contributed by atoms with Gasteiger partial charge in [-0.05, 0) is 19.8 Å². The molecule has 2 atom stereocenters. The van der Waals surface area contributed by atoms with E-state index in [2.05, 4.69) is 0 Å². The van der Waals surface area contributed by atoms with Crippen LogP contribution in [-0.2, 0) is 0 Å². The molecule has 98 valence electrons. The third-order valence-corrected chi connectivity index (χ3v) is 2.84. The first-order chi connectivity index (χ1) is 7.17. The van der Waals surface area contributed by atoms with Gasteiger partial charge < -0.3 is 5.11 Å². The molecule has 0 heterocycles. The van der Waals surface area contributed by atoms with Gasteiger partial charge in [0, 0.05) is 12.6 Å². The van der Waals surface area contributed by atoms with Crippen LogP contribution in [-0.4, -0.2) is 41.4 Å². The zero-order valence-corrected chi connectivity index (χ0v) is 10.4. The van der Waals surface area contributed by atoms with E-state index >= 15 is 0 Å². The van der Waals surface area contributed by atoms with E-state index in [4.69, 9.17) is 0 Å². The average Bonchev–Trinajstić information content (AvgIpc) is 2.13. The Hall–Kier alpha value is -0.290. The van der Waals surface area contributed by atoms with Gasteiger partial charge in [0.05, 0.1) is 12.6 Å². The lowest BCUT2D eigenvalue weighted by Gasteiger charge is -2.31. The lowest BCUT2D eigenvalue weighted by atomic mass is 10.0. The van der Waals surface area contributed by atoms with Crippen molar-refractivity contribution in [2.45, 2.75) is 52.4 Å². The first kappa shape index (κ1) is 15.7. The van der Waals surface area contributed by atoms with Crippen molar-refractivity contribution in [3.8, 4) is 0 Å². The first-order valence-electron chi connectivity index (χ1n) is 5.66. The normalized spacial score (nSPS) is 16.9. The Morgan fingerprint density at radius 1 is 1.19 bits per heavy atom. The van der Waals surface area contributed by atoms with Crippen LogP contribution in [0.3, 0.4) is 0 Å². The zero-order chi connectivity index (χ0) is 12.9. The smallest absolute Gasteiger partial charge is 0.392 e. The molecule has 1 N–H and O–H groups in total. The van der Waals surface area contributed by atoms with Gasteiger partial charge in [0.25, 0.3) is 0 Å². The predicted octanol–water partition coefficient (Wildman–Crippen LogP) is 2.67. The van der Waals surface area contributed by atoms with Crippen LogP contribution < -0.4 is 0 Å². The summed E-state index contributed by atoms with van der Waals surface area (Å²) in [6, 6.07) is -0.222. The summed E-state index contributed by atoms with van der Waals surface area (Å²) < 4.78 is 36.8. The molecular formula is C11H22F3NO. The van der Waals surface area contributed by atoms with E-state index in [0.717, 1.165) is 6.42 Å². The predicted molar refractivity (Wildman–Crippen MR) is 58.2 cm³/mol. The molecule has 0 aromatic rings. The summed E-state index contributed by atoms with van der Waals surface area (Å²) in [6.07, 6.45) is -4.15. The summed E-state index contributed by atoms with van der Waals surface area (Å²) in [4.78, 5) is 1.26.